The van der Waals surface area contributed by atoms with Crippen molar-refractivity contribution in [1.29, 1.82) is 0 Å². The summed E-state index contributed by atoms with van der Waals surface area (Å²) in [5.41, 5.74) is 4.14. The van der Waals surface area contributed by atoms with Gasteiger partial charge in [-0.05, 0) is 37.1 Å². The average Bonchev–Trinajstić information content (AvgIpc) is 3.42. The molecule has 0 saturated carbocycles. The molecule has 5 rings (SSSR count). The van der Waals surface area contributed by atoms with Crippen LogP contribution in [0.15, 0.2) is 49.1 Å². The first kappa shape index (κ1) is 15.9. The molecule has 0 bridgehead atoms. The highest BCUT2D eigenvalue weighted by molar-refractivity contribution is 6.12. The number of nitrogens with one attached hydrogen (secondary N) is 1. The van der Waals surface area contributed by atoms with Crippen molar-refractivity contribution in [3.63, 3.8) is 0 Å². The minimum absolute atomic E-state index is 0.175. The van der Waals surface area contributed by atoms with Crippen LogP contribution >= 0.6 is 0 Å². The van der Waals surface area contributed by atoms with Gasteiger partial charge in [-0.25, -0.2) is 4.52 Å². The number of imidazole rings is 1. The fraction of sp³-hybridized carbons (Fsp3) is 0.250. The summed E-state index contributed by atoms with van der Waals surface area (Å²) in [6.45, 7) is 2.11. The Bertz CT molecular complexity index is 1150. The monoisotopic (exact) mass is 360 g/mol. The number of amides is 1. The van der Waals surface area contributed by atoms with E-state index in [-0.39, 0.29) is 5.91 Å². The number of hydrogen-bond acceptors (Lipinski definition) is 4. The first-order valence-corrected chi connectivity index (χ1v) is 9.15. The minimum atomic E-state index is -0.175. The van der Waals surface area contributed by atoms with E-state index in [4.69, 9.17) is 0 Å². The summed E-state index contributed by atoms with van der Waals surface area (Å²) in [6.07, 6.45) is 9.53. The number of carbonyl (C=O) groups is 1. The summed E-state index contributed by atoms with van der Waals surface area (Å²) in [7, 11) is 1.90. The van der Waals surface area contributed by atoms with Crippen LogP contribution in [0.25, 0.3) is 16.6 Å². The van der Waals surface area contributed by atoms with Gasteiger partial charge in [0.05, 0.1) is 23.1 Å². The molecule has 0 unspecified atom stereocenters. The first-order valence-electron chi connectivity index (χ1n) is 9.15. The minimum Gasteiger partial charge on any atom is -0.370 e. The van der Waals surface area contributed by atoms with Crippen molar-refractivity contribution in [3.8, 4) is 0 Å². The molecule has 7 heteroatoms. The summed E-state index contributed by atoms with van der Waals surface area (Å²) in [6, 6.07) is 7.95. The lowest BCUT2D eigenvalue weighted by Gasteiger charge is -2.20. The molecule has 1 saturated heterocycles. The third kappa shape index (κ3) is 2.54. The van der Waals surface area contributed by atoms with Crippen LogP contribution in [0, 0.1) is 0 Å². The number of benzene rings is 1. The van der Waals surface area contributed by atoms with Crippen LogP contribution in [-0.4, -0.2) is 38.2 Å². The highest BCUT2D eigenvalue weighted by atomic mass is 16.1. The van der Waals surface area contributed by atoms with Crippen molar-refractivity contribution in [2.24, 2.45) is 7.05 Å². The summed E-state index contributed by atoms with van der Waals surface area (Å²) < 4.78 is 3.59. The van der Waals surface area contributed by atoms with Crippen molar-refractivity contribution in [2.45, 2.75) is 12.8 Å². The Morgan fingerprint density at radius 2 is 2.00 bits per heavy atom. The summed E-state index contributed by atoms with van der Waals surface area (Å²) >= 11 is 0. The van der Waals surface area contributed by atoms with E-state index in [0.29, 0.717) is 5.56 Å². The largest absolute Gasteiger partial charge is 0.370 e. The van der Waals surface area contributed by atoms with Crippen molar-refractivity contribution in [2.75, 3.05) is 23.3 Å². The van der Waals surface area contributed by atoms with Crippen LogP contribution in [0.4, 0.5) is 11.4 Å². The number of fused-ring (bicyclic) bond motifs is 2. The Hall–Kier alpha value is -3.35. The van der Waals surface area contributed by atoms with Gasteiger partial charge in [-0.2, -0.15) is 5.10 Å². The molecule has 1 fully saturated rings. The molecule has 0 atom stereocenters. The Labute approximate surface area is 156 Å². The molecule has 1 N–H and O–H groups in total. The summed E-state index contributed by atoms with van der Waals surface area (Å²) in [5, 5.41) is 8.25. The van der Waals surface area contributed by atoms with E-state index < -0.39 is 0 Å². The Kier molecular flexibility index (Phi) is 3.60. The molecule has 1 amide bonds. The molecule has 0 radical (unpaired) electrons. The second-order valence-corrected chi connectivity index (χ2v) is 6.92. The molecule has 7 nitrogen and oxygen atoms in total. The van der Waals surface area contributed by atoms with E-state index in [1.165, 1.54) is 12.8 Å². The number of aromatic nitrogens is 4. The normalized spacial score (nSPS) is 14.3. The molecule has 0 spiro atoms. The second kappa shape index (κ2) is 6.12. The Morgan fingerprint density at radius 1 is 1.15 bits per heavy atom. The molecule has 4 aromatic rings. The number of hydrogen-bond donors (Lipinski definition) is 1. The Balaban J connectivity index is 1.54. The number of anilines is 2. The van der Waals surface area contributed by atoms with E-state index in [0.717, 1.165) is 41.0 Å². The fourth-order valence-corrected chi connectivity index (χ4v) is 3.88. The van der Waals surface area contributed by atoms with Gasteiger partial charge in [0.25, 0.3) is 5.91 Å². The lowest BCUT2D eigenvalue weighted by Crippen LogP contribution is -2.18. The van der Waals surface area contributed by atoms with Crippen molar-refractivity contribution < 1.29 is 4.79 Å². The SMILES string of the molecule is Cn1ccn2ncc(C(=O)Nc3ccc(N4CCCC4)c4ncccc34)c12. The zero-order chi connectivity index (χ0) is 18.4. The predicted octanol–water partition coefficient (Wildman–Crippen LogP) is 3.07. The maximum atomic E-state index is 12.9. The van der Waals surface area contributed by atoms with Gasteiger partial charge in [0.15, 0.2) is 0 Å². The molecule has 1 aliphatic rings. The lowest BCUT2D eigenvalue weighted by molar-refractivity contribution is 0.102. The van der Waals surface area contributed by atoms with Crippen LogP contribution in [0.2, 0.25) is 0 Å². The van der Waals surface area contributed by atoms with Gasteiger partial charge in [0.1, 0.15) is 11.2 Å². The maximum Gasteiger partial charge on any atom is 0.261 e. The topological polar surface area (TPSA) is 67.5 Å². The van der Waals surface area contributed by atoms with Gasteiger partial charge < -0.3 is 14.8 Å². The fourth-order valence-electron chi connectivity index (χ4n) is 3.88. The van der Waals surface area contributed by atoms with Crippen molar-refractivity contribution in [3.05, 3.63) is 54.6 Å². The second-order valence-electron chi connectivity index (χ2n) is 6.92. The third-order valence-electron chi connectivity index (χ3n) is 5.22. The van der Waals surface area contributed by atoms with Crippen LogP contribution < -0.4 is 10.2 Å². The average molecular weight is 360 g/mol. The zero-order valence-corrected chi connectivity index (χ0v) is 15.1. The van der Waals surface area contributed by atoms with Gasteiger partial charge in [-0.15, -0.1) is 0 Å². The first-order chi connectivity index (χ1) is 13.2. The summed E-state index contributed by atoms with van der Waals surface area (Å²) in [5.74, 6) is -0.175. The molecule has 27 heavy (non-hydrogen) atoms. The van der Waals surface area contributed by atoms with E-state index >= 15 is 0 Å². The Morgan fingerprint density at radius 3 is 2.85 bits per heavy atom. The van der Waals surface area contributed by atoms with Crippen LogP contribution in [0.3, 0.4) is 0 Å². The molecule has 1 aromatic carbocycles. The third-order valence-corrected chi connectivity index (χ3v) is 5.22. The van der Waals surface area contributed by atoms with Gasteiger partial charge >= 0.3 is 0 Å². The zero-order valence-electron chi connectivity index (χ0n) is 15.1. The number of carbonyl (C=O) groups excluding carboxylic acids is 1. The van der Waals surface area contributed by atoms with E-state index in [1.54, 1.807) is 16.9 Å². The number of pyridine rings is 1. The van der Waals surface area contributed by atoms with Gasteiger partial charge in [-0.3, -0.25) is 9.78 Å². The van der Waals surface area contributed by atoms with E-state index in [9.17, 15) is 4.79 Å². The maximum absolute atomic E-state index is 12.9. The molecule has 4 heterocycles. The number of aryl methyl sites for hydroxylation is 1. The molecular formula is C20H20N6O. The van der Waals surface area contributed by atoms with Crippen LogP contribution in [0.5, 0.6) is 0 Å². The number of nitrogens with zero attached hydrogens (tertiary/aromatic N) is 5. The quantitative estimate of drug-likeness (QED) is 0.610. The van der Waals surface area contributed by atoms with Gasteiger partial charge in [0, 0.05) is 44.1 Å². The standard InChI is InChI=1S/C20H20N6O/c1-24-11-12-26-20(24)15(13-22-26)19(27)23-16-6-7-17(25-9-2-3-10-25)18-14(16)5-4-8-21-18/h4-8,11-13H,2-3,9-10H2,1H3,(H,23,27). The van der Waals surface area contributed by atoms with Crippen LogP contribution in [0.1, 0.15) is 23.2 Å². The van der Waals surface area contributed by atoms with Gasteiger partial charge in [0.2, 0.25) is 0 Å². The van der Waals surface area contributed by atoms with E-state index in [2.05, 4.69) is 26.4 Å². The summed E-state index contributed by atoms with van der Waals surface area (Å²) in [4.78, 5) is 19.9. The highest BCUT2D eigenvalue weighted by Gasteiger charge is 2.19. The lowest BCUT2D eigenvalue weighted by atomic mass is 10.1. The van der Waals surface area contributed by atoms with Crippen LogP contribution in [-0.2, 0) is 7.05 Å². The molecule has 0 aliphatic carbocycles. The highest BCUT2D eigenvalue weighted by Crippen LogP contribution is 2.32. The molecule has 1 aliphatic heterocycles. The smallest absolute Gasteiger partial charge is 0.261 e. The predicted molar refractivity (Wildman–Crippen MR) is 105 cm³/mol. The molecule has 3 aromatic heterocycles. The van der Waals surface area contributed by atoms with Crippen molar-refractivity contribution >= 4 is 33.8 Å². The molecule has 136 valence electrons. The van der Waals surface area contributed by atoms with Gasteiger partial charge in [-0.1, -0.05) is 0 Å². The number of rotatable bonds is 3. The van der Waals surface area contributed by atoms with E-state index in [1.807, 2.05) is 42.2 Å². The van der Waals surface area contributed by atoms with Crippen molar-refractivity contribution in [1.82, 2.24) is 19.2 Å². The molecular weight excluding hydrogens is 340 g/mol.